The van der Waals surface area contributed by atoms with E-state index in [4.69, 9.17) is 4.74 Å². The maximum atomic E-state index is 9.81. The number of methoxy groups -OCH3 is 1. The molecule has 1 rings (SSSR count). The van der Waals surface area contributed by atoms with Gasteiger partial charge in [0.15, 0.2) is 0 Å². The SMILES string of the molecule is CCCNC(C#N)(CN(C)CCCOC)c1ccccc1. The van der Waals surface area contributed by atoms with Gasteiger partial charge in [0.25, 0.3) is 0 Å². The largest absolute Gasteiger partial charge is 0.385 e. The van der Waals surface area contributed by atoms with Crippen LogP contribution in [0.25, 0.3) is 0 Å². The molecule has 0 aliphatic carbocycles. The van der Waals surface area contributed by atoms with Crippen molar-refractivity contribution in [3.05, 3.63) is 35.9 Å². The van der Waals surface area contributed by atoms with E-state index in [9.17, 15) is 5.26 Å². The quantitative estimate of drug-likeness (QED) is 0.672. The minimum Gasteiger partial charge on any atom is -0.385 e. The van der Waals surface area contributed by atoms with Gasteiger partial charge in [-0.05, 0) is 32.0 Å². The highest BCUT2D eigenvalue weighted by molar-refractivity contribution is 5.32. The van der Waals surface area contributed by atoms with Gasteiger partial charge in [0.05, 0.1) is 6.07 Å². The third-order valence-corrected chi connectivity index (χ3v) is 3.53. The molecule has 21 heavy (non-hydrogen) atoms. The van der Waals surface area contributed by atoms with Crippen molar-refractivity contribution in [2.75, 3.05) is 40.4 Å². The minimum absolute atomic E-state index is 0.654. The molecule has 0 amide bonds. The van der Waals surface area contributed by atoms with E-state index < -0.39 is 5.54 Å². The molecule has 1 N–H and O–H groups in total. The second-order valence-corrected chi connectivity index (χ2v) is 5.39. The molecule has 1 aromatic rings. The van der Waals surface area contributed by atoms with Crippen molar-refractivity contribution in [3.8, 4) is 6.07 Å². The van der Waals surface area contributed by atoms with Gasteiger partial charge in [0.2, 0.25) is 0 Å². The first-order chi connectivity index (χ1) is 10.2. The second-order valence-electron chi connectivity index (χ2n) is 5.39. The number of benzene rings is 1. The van der Waals surface area contributed by atoms with E-state index in [1.165, 1.54) is 0 Å². The lowest BCUT2D eigenvalue weighted by atomic mass is 9.90. The topological polar surface area (TPSA) is 48.3 Å². The van der Waals surface area contributed by atoms with Crippen molar-refractivity contribution in [1.29, 1.82) is 5.26 Å². The Morgan fingerprint density at radius 1 is 1.33 bits per heavy atom. The molecule has 1 atom stereocenters. The first kappa shape index (κ1) is 17.6. The maximum Gasteiger partial charge on any atom is 0.145 e. The highest BCUT2D eigenvalue weighted by Crippen LogP contribution is 2.21. The Hall–Kier alpha value is -1.41. The lowest BCUT2D eigenvalue weighted by molar-refractivity contribution is 0.170. The van der Waals surface area contributed by atoms with E-state index in [1.807, 2.05) is 30.3 Å². The maximum absolute atomic E-state index is 9.81. The zero-order valence-corrected chi connectivity index (χ0v) is 13.4. The van der Waals surface area contributed by atoms with Crippen molar-refractivity contribution in [1.82, 2.24) is 10.2 Å². The smallest absolute Gasteiger partial charge is 0.145 e. The molecule has 4 heteroatoms. The predicted molar refractivity (Wildman–Crippen MR) is 86.0 cm³/mol. The molecule has 0 aliphatic heterocycles. The number of hydrogen-bond donors (Lipinski definition) is 1. The first-order valence-corrected chi connectivity index (χ1v) is 7.58. The van der Waals surface area contributed by atoms with Crippen LogP contribution in [0.3, 0.4) is 0 Å². The highest BCUT2D eigenvalue weighted by atomic mass is 16.5. The van der Waals surface area contributed by atoms with Crippen molar-refractivity contribution in [2.24, 2.45) is 0 Å². The number of nitrogens with zero attached hydrogens (tertiary/aromatic N) is 2. The minimum atomic E-state index is -0.654. The summed E-state index contributed by atoms with van der Waals surface area (Å²) in [6, 6.07) is 12.5. The fraction of sp³-hybridized carbons (Fsp3) is 0.588. The first-order valence-electron chi connectivity index (χ1n) is 7.58. The highest BCUT2D eigenvalue weighted by Gasteiger charge is 2.32. The van der Waals surface area contributed by atoms with Crippen LogP contribution in [0, 0.1) is 11.3 Å². The predicted octanol–water partition coefficient (Wildman–Crippen LogP) is 2.37. The summed E-state index contributed by atoms with van der Waals surface area (Å²) in [7, 11) is 3.77. The van der Waals surface area contributed by atoms with E-state index in [2.05, 4.69) is 30.3 Å². The summed E-state index contributed by atoms with van der Waals surface area (Å²) in [5, 5.41) is 13.2. The van der Waals surface area contributed by atoms with Crippen LogP contribution < -0.4 is 5.32 Å². The summed E-state index contributed by atoms with van der Waals surface area (Å²) >= 11 is 0. The van der Waals surface area contributed by atoms with Crippen molar-refractivity contribution in [2.45, 2.75) is 25.3 Å². The Labute approximate surface area is 128 Å². The van der Waals surface area contributed by atoms with Gasteiger partial charge in [-0.15, -0.1) is 0 Å². The Kier molecular flexibility index (Phi) is 7.99. The standard InChI is InChI=1S/C17H27N3O/c1-4-11-19-17(14-18,16-9-6-5-7-10-16)15-20(2)12-8-13-21-3/h5-7,9-10,19H,4,8,11-13,15H2,1-3H3. The number of ether oxygens (including phenoxy) is 1. The van der Waals surface area contributed by atoms with Gasteiger partial charge >= 0.3 is 0 Å². The molecule has 4 nitrogen and oxygen atoms in total. The van der Waals surface area contributed by atoms with Gasteiger partial charge in [-0.3, -0.25) is 5.32 Å². The Morgan fingerprint density at radius 3 is 2.62 bits per heavy atom. The van der Waals surface area contributed by atoms with Gasteiger partial charge in [-0.2, -0.15) is 5.26 Å². The van der Waals surface area contributed by atoms with Gasteiger partial charge in [0, 0.05) is 26.8 Å². The average Bonchev–Trinajstić information content (AvgIpc) is 2.52. The molecular formula is C17H27N3O. The van der Waals surface area contributed by atoms with Crippen molar-refractivity contribution >= 4 is 0 Å². The molecular weight excluding hydrogens is 262 g/mol. The molecule has 0 aromatic heterocycles. The van der Waals surface area contributed by atoms with E-state index in [0.717, 1.165) is 38.1 Å². The number of nitrogens with one attached hydrogen (secondary N) is 1. The molecule has 0 fully saturated rings. The van der Waals surface area contributed by atoms with Crippen LogP contribution in [0.5, 0.6) is 0 Å². The molecule has 1 aromatic carbocycles. The monoisotopic (exact) mass is 289 g/mol. The molecule has 0 aliphatic rings. The lowest BCUT2D eigenvalue weighted by Crippen LogP contribution is -2.49. The van der Waals surface area contributed by atoms with Crippen LogP contribution in [0.2, 0.25) is 0 Å². The number of hydrogen-bond acceptors (Lipinski definition) is 4. The number of rotatable bonds is 10. The molecule has 116 valence electrons. The molecule has 0 spiro atoms. The van der Waals surface area contributed by atoms with Crippen molar-refractivity contribution in [3.63, 3.8) is 0 Å². The van der Waals surface area contributed by atoms with Crippen LogP contribution in [0.15, 0.2) is 30.3 Å². The van der Waals surface area contributed by atoms with Crippen LogP contribution in [0.4, 0.5) is 0 Å². The molecule has 0 saturated heterocycles. The molecule has 0 radical (unpaired) electrons. The normalized spacial score (nSPS) is 13.9. The van der Waals surface area contributed by atoms with Gasteiger partial charge in [0.1, 0.15) is 5.54 Å². The summed E-state index contributed by atoms with van der Waals surface area (Å²) in [6.07, 6.45) is 1.97. The van der Waals surface area contributed by atoms with Gasteiger partial charge < -0.3 is 9.64 Å². The summed E-state index contributed by atoms with van der Waals surface area (Å²) in [5.41, 5.74) is 0.374. The number of nitriles is 1. The summed E-state index contributed by atoms with van der Waals surface area (Å²) < 4.78 is 5.09. The molecule has 0 saturated carbocycles. The zero-order valence-electron chi connectivity index (χ0n) is 13.4. The Morgan fingerprint density at radius 2 is 2.05 bits per heavy atom. The van der Waals surface area contributed by atoms with E-state index in [1.54, 1.807) is 7.11 Å². The second kappa shape index (κ2) is 9.51. The lowest BCUT2D eigenvalue weighted by Gasteiger charge is -2.33. The van der Waals surface area contributed by atoms with Gasteiger partial charge in [-0.1, -0.05) is 37.3 Å². The van der Waals surface area contributed by atoms with Crippen LogP contribution in [-0.2, 0) is 10.3 Å². The van der Waals surface area contributed by atoms with Crippen molar-refractivity contribution < 1.29 is 4.74 Å². The van der Waals surface area contributed by atoms with Crippen LogP contribution in [0.1, 0.15) is 25.3 Å². The average molecular weight is 289 g/mol. The van der Waals surface area contributed by atoms with E-state index in [0.29, 0.717) is 6.54 Å². The van der Waals surface area contributed by atoms with Crippen LogP contribution in [-0.4, -0.2) is 45.3 Å². The summed E-state index contributed by atoms with van der Waals surface area (Å²) in [6.45, 7) is 5.27. The van der Waals surface area contributed by atoms with E-state index in [-0.39, 0.29) is 0 Å². The Bertz CT molecular complexity index is 429. The Balaban J connectivity index is 2.84. The molecule has 0 heterocycles. The summed E-state index contributed by atoms with van der Waals surface area (Å²) in [5.74, 6) is 0. The fourth-order valence-corrected chi connectivity index (χ4v) is 2.41. The van der Waals surface area contributed by atoms with E-state index >= 15 is 0 Å². The molecule has 0 bridgehead atoms. The molecule has 1 unspecified atom stereocenters. The summed E-state index contributed by atoms with van der Waals surface area (Å²) in [4.78, 5) is 2.19. The number of likely N-dealkylation sites (N-methyl/N-ethyl adjacent to an activating group) is 1. The van der Waals surface area contributed by atoms with Crippen LogP contribution >= 0.6 is 0 Å². The van der Waals surface area contributed by atoms with Gasteiger partial charge in [-0.25, -0.2) is 0 Å². The third kappa shape index (κ3) is 5.47. The zero-order chi connectivity index (χ0) is 15.6. The fourth-order valence-electron chi connectivity index (χ4n) is 2.41. The third-order valence-electron chi connectivity index (χ3n) is 3.53.